The van der Waals surface area contributed by atoms with E-state index in [4.69, 9.17) is 32.7 Å². The summed E-state index contributed by atoms with van der Waals surface area (Å²) in [5.74, 6) is 0.881. The number of hydrogen-bond donors (Lipinski definition) is 1. The summed E-state index contributed by atoms with van der Waals surface area (Å²) >= 11 is 12.2. The van der Waals surface area contributed by atoms with Gasteiger partial charge in [-0.1, -0.05) is 53.5 Å². The molecule has 0 spiro atoms. The van der Waals surface area contributed by atoms with E-state index in [1.54, 1.807) is 49.6 Å². The van der Waals surface area contributed by atoms with Crippen LogP contribution in [0.3, 0.4) is 0 Å². The number of amides is 1. The van der Waals surface area contributed by atoms with Crippen molar-refractivity contribution in [2.24, 2.45) is 0 Å². The minimum Gasteiger partial charge on any atom is -0.497 e. The first-order valence-electron chi connectivity index (χ1n) is 8.18. The Kier molecular flexibility index (Phi) is 6.22. The van der Waals surface area contributed by atoms with E-state index < -0.39 is 6.10 Å². The third kappa shape index (κ3) is 4.94. The lowest BCUT2D eigenvalue weighted by Gasteiger charge is -2.20. The van der Waals surface area contributed by atoms with E-state index in [9.17, 15) is 4.79 Å². The van der Waals surface area contributed by atoms with Crippen LogP contribution in [0, 0.1) is 0 Å². The zero-order valence-corrected chi connectivity index (χ0v) is 16.0. The Bertz CT molecular complexity index is 914. The number of hydrogen-bond acceptors (Lipinski definition) is 3. The van der Waals surface area contributed by atoms with Crippen LogP contribution in [0.1, 0.15) is 11.7 Å². The molecule has 0 aliphatic heterocycles. The molecule has 1 atom stereocenters. The molecule has 1 amide bonds. The number of anilines is 1. The minimum atomic E-state index is -0.866. The topological polar surface area (TPSA) is 47.6 Å². The molecule has 3 aromatic rings. The highest BCUT2D eigenvalue weighted by atomic mass is 35.5. The number of rotatable bonds is 6. The molecule has 138 valence electrons. The lowest BCUT2D eigenvalue weighted by atomic mass is 10.1. The monoisotopic (exact) mass is 401 g/mol. The maximum absolute atomic E-state index is 12.9. The van der Waals surface area contributed by atoms with Crippen LogP contribution in [0.5, 0.6) is 11.5 Å². The highest BCUT2D eigenvalue weighted by Crippen LogP contribution is 2.29. The molecule has 0 bridgehead atoms. The standard InChI is InChI=1S/C21H17Cl2NO3/c1-26-16-8-10-17(11-9-16)27-20(14-5-3-2-4-6-14)21(25)24-19-13-15(22)7-12-18(19)23/h2-13,20H,1H3,(H,24,25)/t20-/m0/s1. The van der Waals surface area contributed by atoms with E-state index in [1.807, 2.05) is 30.3 Å². The Hall–Kier alpha value is -2.69. The second-order valence-corrected chi connectivity index (χ2v) is 6.54. The van der Waals surface area contributed by atoms with E-state index in [0.29, 0.717) is 32.8 Å². The van der Waals surface area contributed by atoms with E-state index in [1.165, 1.54) is 0 Å². The number of methoxy groups -OCH3 is 1. The molecule has 0 radical (unpaired) electrons. The number of nitrogens with one attached hydrogen (secondary N) is 1. The van der Waals surface area contributed by atoms with Gasteiger partial charge < -0.3 is 14.8 Å². The highest BCUT2D eigenvalue weighted by Gasteiger charge is 2.23. The molecule has 4 nitrogen and oxygen atoms in total. The lowest BCUT2D eigenvalue weighted by molar-refractivity contribution is -0.123. The van der Waals surface area contributed by atoms with Crippen molar-refractivity contribution in [3.63, 3.8) is 0 Å². The van der Waals surface area contributed by atoms with E-state index in [0.717, 1.165) is 0 Å². The van der Waals surface area contributed by atoms with Crippen LogP contribution in [0.15, 0.2) is 72.8 Å². The van der Waals surface area contributed by atoms with Gasteiger partial charge >= 0.3 is 0 Å². The van der Waals surface area contributed by atoms with Gasteiger partial charge in [0.05, 0.1) is 17.8 Å². The zero-order valence-electron chi connectivity index (χ0n) is 14.5. The third-order valence-corrected chi connectivity index (χ3v) is 4.40. The number of halogens is 2. The van der Waals surface area contributed by atoms with Gasteiger partial charge in [-0.25, -0.2) is 0 Å². The highest BCUT2D eigenvalue weighted by molar-refractivity contribution is 6.35. The molecule has 0 aromatic heterocycles. The molecular formula is C21H17Cl2NO3. The van der Waals surface area contributed by atoms with E-state index in [-0.39, 0.29) is 5.91 Å². The molecular weight excluding hydrogens is 385 g/mol. The molecule has 0 aliphatic carbocycles. The van der Waals surface area contributed by atoms with Crippen LogP contribution in [-0.4, -0.2) is 13.0 Å². The quantitative estimate of drug-likeness (QED) is 0.570. The maximum atomic E-state index is 12.9. The zero-order chi connectivity index (χ0) is 19.2. The van der Waals surface area contributed by atoms with Crippen LogP contribution >= 0.6 is 23.2 Å². The second kappa shape index (κ2) is 8.80. The van der Waals surface area contributed by atoms with E-state index >= 15 is 0 Å². The molecule has 0 unspecified atom stereocenters. The first kappa shape index (κ1) is 19.1. The van der Waals surface area contributed by atoms with Gasteiger partial charge in [0.15, 0.2) is 0 Å². The fraction of sp³-hybridized carbons (Fsp3) is 0.0952. The molecule has 0 saturated carbocycles. The molecule has 27 heavy (non-hydrogen) atoms. The predicted molar refractivity (Wildman–Crippen MR) is 108 cm³/mol. The van der Waals surface area contributed by atoms with Crippen LogP contribution < -0.4 is 14.8 Å². The number of carbonyl (C=O) groups is 1. The van der Waals surface area contributed by atoms with Gasteiger partial charge in [0.2, 0.25) is 6.10 Å². The van der Waals surface area contributed by atoms with Crippen LogP contribution in [0.2, 0.25) is 10.0 Å². The average Bonchev–Trinajstić information content (AvgIpc) is 2.70. The van der Waals surface area contributed by atoms with Gasteiger partial charge in [0, 0.05) is 10.6 Å². The predicted octanol–water partition coefficient (Wildman–Crippen LogP) is 5.76. The van der Waals surface area contributed by atoms with Crippen molar-refractivity contribution in [3.05, 3.63) is 88.4 Å². The summed E-state index contributed by atoms with van der Waals surface area (Å²) in [5, 5.41) is 3.65. The largest absolute Gasteiger partial charge is 0.497 e. The SMILES string of the molecule is COc1ccc(O[C@H](C(=O)Nc2cc(Cl)ccc2Cl)c2ccccc2)cc1. The van der Waals surface area contributed by atoms with Crippen molar-refractivity contribution in [1.82, 2.24) is 0 Å². The van der Waals surface area contributed by atoms with Crippen molar-refractivity contribution < 1.29 is 14.3 Å². The molecule has 3 rings (SSSR count). The van der Waals surface area contributed by atoms with Crippen LogP contribution in [0.4, 0.5) is 5.69 Å². The van der Waals surface area contributed by atoms with Crippen molar-refractivity contribution in [3.8, 4) is 11.5 Å². The summed E-state index contributed by atoms with van der Waals surface area (Å²) in [6.07, 6.45) is -0.866. The molecule has 0 heterocycles. The van der Waals surface area contributed by atoms with Gasteiger partial charge in [-0.05, 0) is 42.5 Å². The second-order valence-electron chi connectivity index (χ2n) is 5.70. The van der Waals surface area contributed by atoms with Crippen molar-refractivity contribution in [2.45, 2.75) is 6.10 Å². The summed E-state index contributed by atoms with van der Waals surface area (Å²) in [7, 11) is 1.59. The number of ether oxygens (including phenoxy) is 2. The summed E-state index contributed by atoms with van der Waals surface area (Å²) in [4.78, 5) is 12.9. The number of benzene rings is 3. The molecule has 3 aromatic carbocycles. The van der Waals surface area contributed by atoms with Gasteiger partial charge in [-0.15, -0.1) is 0 Å². The van der Waals surface area contributed by atoms with Gasteiger partial charge in [0.25, 0.3) is 5.91 Å². The summed E-state index contributed by atoms with van der Waals surface area (Å²) in [6.45, 7) is 0. The number of carbonyl (C=O) groups excluding carboxylic acids is 1. The van der Waals surface area contributed by atoms with Crippen molar-refractivity contribution in [1.29, 1.82) is 0 Å². The third-order valence-electron chi connectivity index (χ3n) is 3.84. The molecule has 6 heteroatoms. The lowest BCUT2D eigenvalue weighted by Crippen LogP contribution is -2.25. The molecule has 0 fully saturated rings. The Morgan fingerprint density at radius 3 is 2.26 bits per heavy atom. The normalized spacial score (nSPS) is 11.5. The van der Waals surface area contributed by atoms with Gasteiger partial charge in [-0.2, -0.15) is 0 Å². The summed E-state index contributed by atoms with van der Waals surface area (Å²) in [6, 6.07) is 21.1. The molecule has 0 aliphatic rings. The maximum Gasteiger partial charge on any atom is 0.270 e. The van der Waals surface area contributed by atoms with Gasteiger partial charge in [0.1, 0.15) is 11.5 Å². The average molecular weight is 402 g/mol. The molecule has 1 N–H and O–H groups in total. The minimum absolute atomic E-state index is 0.360. The van der Waals surface area contributed by atoms with Crippen molar-refractivity contribution in [2.75, 3.05) is 12.4 Å². The first-order valence-corrected chi connectivity index (χ1v) is 8.94. The Balaban J connectivity index is 1.87. The van der Waals surface area contributed by atoms with Crippen LogP contribution in [0.25, 0.3) is 0 Å². The fourth-order valence-electron chi connectivity index (χ4n) is 2.48. The Labute approximate surface area is 167 Å². The Morgan fingerprint density at radius 2 is 1.59 bits per heavy atom. The fourth-order valence-corrected chi connectivity index (χ4v) is 2.82. The Morgan fingerprint density at radius 1 is 0.926 bits per heavy atom. The smallest absolute Gasteiger partial charge is 0.270 e. The van der Waals surface area contributed by atoms with Gasteiger partial charge in [-0.3, -0.25) is 4.79 Å². The summed E-state index contributed by atoms with van der Waals surface area (Å²) in [5.41, 5.74) is 1.14. The van der Waals surface area contributed by atoms with E-state index in [2.05, 4.69) is 5.32 Å². The van der Waals surface area contributed by atoms with Crippen molar-refractivity contribution >= 4 is 34.8 Å². The summed E-state index contributed by atoms with van der Waals surface area (Å²) < 4.78 is 11.1. The molecule has 0 saturated heterocycles. The first-order chi connectivity index (χ1) is 13.1. The van der Waals surface area contributed by atoms with Crippen LogP contribution in [-0.2, 0) is 4.79 Å².